The highest BCUT2D eigenvalue weighted by Crippen LogP contribution is 2.19. The molecule has 0 unspecified atom stereocenters. The van der Waals surface area contributed by atoms with E-state index in [1.54, 1.807) is 6.07 Å². The van der Waals surface area contributed by atoms with Gasteiger partial charge in [0, 0.05) is 24.5 Å². The normalized spacial score (nSPS) is 10.1. The topological polar surface area (TPSA) is 53.0 Å². The van der Waals surface area contributed by atoms with Gasteiger partial charge in [-0.05, 0) is 55.0 Å². The molecule has 20 heavy (non-hydrogen) atoms. The van der Waals surface area contributed by atoms with E-state index in [4.69, 9.17) is 11.0 Å². The van der Waals surface area contributed by atoms with Crippen molar-refractivity contribution in [1.82, 2.24) is 0 Å². The van der Waals surface area contributed by atoms with Gasteiger partial charge in [-0.2, -0.15) is 5.26 Å². The lowest BCUT2D eigenvalue weighted by Gasteiger charge is -2.23. The van der Waals surface area contributed by atoms with Gasteiger partial charge in [0.1, 0.15) is 5.82 Å². The van der Waals surface area contributed by atoms with E-state index in [0.717, 1.165) is 17.8 Å². The summed E-state index contributed by atoms with van der Waals surface area (Å²) in [5, 5.41) is 8.88. The van der Waals surface area contributed by atoms with Crippen molar-refractivity contribution < 1.29 is 4.39 Å². The second-order valence-corrected chi connectivity index (χ2v) is 4.57. The van der Waals surface area contributed by atoms with Crippen molar-refractivity contribution in [2.75, 3.05) is 17.2 Å². The average molecular weight is 269 g/mol. The molecule has 0 aliphatic heterocycles. The second kappa shape index (κ2) is 6.07. The molecule has 0 atom stereocenters. The molecule has 0 radical (unpaired) electrons. The molecule has 0 saturated heterocycles. The first kappa shape index (κ1) is 13.9. The van der Waals surface area contributed by atoms with E-state index < -0.39 is 0 Å². The summed E-state index contributed by atoms with van der Waals surface area (Å²) in [6.07, 6.45) is 0. The van der Waals surface area contributed by atoms with E-state index in [9.17, 15) is 4.39 Å². The lowest BCUT2D eigenvalue weighted by Crippen LogP contribution is -2.22. The second-order valence-electron chi connectivity index (χ2n) is 4.57. The van der Waals surface area contributed by atoms with E-state index in [0.29, 0.717) is 17.8 Å². The molecular weight excluding hydrogens is 253 g/mol. The van der Waals surface area contributed by atoms with Crippen LogP contribution in [0.15, 0.2) is 42.5 Å². The number of anilines is 2. The van der Waals surface area contributed by atoms with Crippen LogP contribution >= 0.6 is 0 Å². The minimum absolute atomic E-state index is 0.341. The first-order chi connectivity index (χ1) is 9.62. The van der Waals surface area contributed by atoms with Crippen molar-refractivity contribution in [2.45, 2.75) is 13.5 Å². The SMILES string of the molecule is CCN(Cc1cc(F)cc(C#N)c1)c1ccc(N)cc1. The van der Waals surface area contributed by atoms with Crippen molar-refractivity contribution in [1.29, 1.82) is 5.26 Å². The summed E-state index contributed by atoms with van der Waals surface area (Å²) in [6, 6.07) is 13.9. The summed E-state index contributed by atoms with van der Waals surface area (Å²) in [5.41, 5.74) is 8.52. The first-order valence-corrected chi connectivity index (χ1v) is 6.42. The summed E-state index contributed by atoms with van der Waals surface area (Å²) < 4.78 is 13.4. The van der Waals surface area contributed by atoms with Crippen molar-refractivity contribution in [2.24, 2.45) is 0 Å². The van der Waals surface area contributed by atoms with Gasteiger partial charge in [-0.1, -0.05) is 0 Å². The Morgan fingerprint density at radius 3 is 2.50 bits per heavy atom. The van der Waals surface area contributed by atoms with Crippen LogP contribution in [-0.2, 0) is 6.54 Å². The Bertz CT molecular complexity index is 629. The van der Waals surface area contributed by atoms with Crippen LogP contribution in [0.4, 0.5) is 15.8 Å². The van der Waals surface area contributed by atoms with Crippen molar-refractivity contribution in [3.63, 3.8) is 0 Å². The van der Waals surface area contributed by atoms with Crippen LogP contribution in [0.25, 0.3) is 0 Å². The Hall–Kier alpha value is -2.54. The standard InChI is InChI=1S/C16H16FN3/c1-2-20(16-5-3-15(19)4-6-16)11-13-7-12(10-18)8-14(17)9-13/h3-9H,2,11,19H2,1H3. The lowest BCUT2D eigenvalue weighted by molar-refractivity contribution is 0.624. The summed E-state index contributed by atoms with van der Waals surface area (Å²) in [5.74, 6) is -0.382. The molecule has 2 N–H and O–H groups in total. The Morgan fingerprint density at radius 1 is 1.20 bits per heavy atom. The molecule has 2 rings (SSSR count). The minimum Gasteiger partial charge on any atom is -0.399 e. The van der Waals surface area contributed by atoms with E-state index in [2.05, 4.69) is 4.90 Å². The Morgan fingerprint density at radius 2 is 1.90 bits per heavy atom. The van der Waals surface area contributed by atoms with Gasteiger partial charge in [-0.25, -0.2) is 4.39 Å². The molecule has 0 aliphatic rings. The van der Waals surface area contributed by atoms with Crippen LogP contribution < -0.4 is 10.6 Å². The predicted octanol–water partition coefficient (Wildman–Crippen LogP) is 3.31. The molecule has 0 fully saturated rings. The van der Waals surface area contributed by atoms with Gasteiger partial charge in [-0.3, -0.25) is 0 Å². The lowest BCUT2D eigenvalue weighted by atomic mass is 10.1. The molecule has 102 valence electrons. The van der Waals surface area contributed by atoms with E-state index in [-0.39, 0.29) is 5.82 Å². The molecule has 0 spiro atoms. The molecule has 0 heterocycles. The Kier molecular flexibility index (Phi) is 4.21. The van der Waals surface area contributed by atoms with Crippen LogP contribution in [0.1, 0.15) is 18.1 Å². The number of hydrogen-bond acceptors (Lipinski definition) is 3. The number of halogens is 1. The van der Waals surface area contributed by atoms with Gasteiger partial charge in [0.2, 0.25) is 0 Å². The molecule has 3 nitrogen and oxygen atoms in total. The molecule has 0 amide bonds. The number of benzene rings is 2. The van der Waals surface area contributed by atoms with Crippen molar-refractivity contribution >= 4 is 11.4 Å². The van der Waals surface area contributed by atoms with Crippen molar-refractivity contribution in [3.05, 3.63) is 59.4 Å². The zero-order valence-corrected chi connectivity index (χ0v) is 11.3. The van der Waals surface area contributed by atoms with Gasteiger partial charge in [0.15, 0.2) is 0 Å². The first-order valence-electron chi connectivity index (χ1n) is 6.42. The maximum atomic E-state index is 13.4. The van der Waals surface area contributed by atoms with Gasteiger partial charge < -0.3 is 10.6 Å². The highest BCUT2D eigenvalue weighted by molar-refractivity contribution is 5.53. The third-order valence-electron chi connectivity index (χ3n) is 3.10. The average Bonchev–Trinajstić information content (AvgIpc) is 2.45. The summed E-state index contributed by atoms with van der Waals surface area (Å²) >= 11 is 0. The van der Waals surface area contributed by atoms with Crippen LogP contribution in [-0.4, -0.2) is 6.54 Å². The van der Waals surface area contributed by atoms with E-state index in [1.807, 2.05) is 37.3 Å². The van der Waals surface area contributed by atoms with Gasteiger partial charge in [0.05, 0.1) is 11.6 Å². The minimum atomic E-state index is -0.382. The predicted molar refractivity (Wildman–Crippen MR) is 78.7 cm³/mol. The molecule has 4 heteroatoms. The monoisotopic (exact) mass is 269 g/mol. The molecule has 2 aromatic carbocycles. The number of nitrogens with two attached hydrogens (primary N) is 1. The zero-order valence-electron chi connectivity index (χ0n) is 11.3. The fourth-order valence-electron chi connectivity index (χ4n) is 2.10. The van der Waals surface area contributed by atoms with Crippen LogP contribution in [0.5, 0.6) is 0 Å². The molecule has 0 bridgehead atoms. The van der Waals surface area contributed by atoms with Crippen LogP contribution in [0, 0.1) is 17.1 Å². The maximum Gasteiger partial charge on any atom is 0.124 e. The number of nitrogen functional groups attached to an aromatic ring is 1. The number of hydrogen-bond donors (Lipinski definition) is 1. The highest BCUT2D eigenvalue weighted by atomic mass is 19.1. The maximum absolute atomic E-state index is 13.4. The summed E-state index contributed by atoms with van der Waals surface area (Å²) in [4.78, 5) is 2.09. The summed E-state index contributed by atoms with van der Waals surface area (Å²) in [6.45, 7) is 3.36. The highest BCUT2D eigenvalue weighted by Gasteiger charge is 2.07. The van der Waals surface area contributed by atoms with Crippen LogP contribution in [0.2, 0.25) is 0 Å². The number of rotatable bonds is 4. The number of nitrogens with zero attached hydrogens (tertiary/aromatic N) is 2. The van der Waals surface area contributed by atoms with Crippen LogP contribution in [0.3, 0.4) is 0 Å². The van der Waals surface area contributed by atoms with Crippen molar-refractivity contribution in [3.8, 4) is 6.07 Å². The fraction of sp³-hybridized carbons (Fsp3) is 0.188. The molecule has 0 saturated carbocycles. The fourth-order valence-corrected chi connectivity index (χ4v) is 2.10. The Labute approximate surface area is 118 Å². The quantitative estimate of drug-likeness (QED) is 0.866. The zero-order chi connectivity index (χ0) is 14.5. The molecule has 0 aromatic heterocycles. The number of nitriles is 1. The van der Waals surface area contributed by atoms with E-state index in [1.165, 1.54) is 12.1 Å². The third kappa shape index (κ3) is 3.27. The molecule has 2 aromatic rings. The largest absolute Gasteiger partial charge is 0.399 e. The van der Waals surface area contributed by atoms with Gasteiger partial charge in [0.25, 0.3) is 0 Å². The molecular formula is C16H16FN3. The van der Waals surface area contributed by atoms with Gasteiger partial charge in [-0.15, -0.1) is 0 Å². The Balaban J connectivity index is 2.24. The smallest absolute Gasteiger partial charge is 0.124 e. The van der Waals surface area contributed by atoms with Gasteiger partial charge >= 0.3 is 0 Å². The van der Waals surface area contributed by atoms with E-state index >= 15 is 0 Å². The third-order valence-corrected chi connectivity index (χ3v) is 3.10. The summed E-state index contributed by atoms with van der Waals surface area (Å²) in [7, 11) is 0. The molecule has 0 aliphatic carbocycles.